The lowest BCUT2D eigenvalue weighted by Gasteiger charge is -2.35. The van der Waals surface area contributed by atoms with Gasteiger partial charge >= 0.3 is 0 Å². The van der Waals surface area contributed by atoms with E-state index in [2.05, 4.69) is 20.0 Å². The van der Waals surface area contributed by atoms with Crippen molar-refractivity contribution in [3.05, 3.63) is 22.6 Å². The molecule has 0 spiro atoms. The van der Waals surface area contributed by atoms with Crippen LogP contribution in [0.3, 0.4) is 0 Å². The zero-order chi connectivity index (χ0) is 11.7. The molecule has 1 N–H and O–H groups in total. The lowest BCUT2D eigenvalue weighted by molar-refractivity contribution is 0.248. The van der Waals surface area contributed by atoms with Gasteiger partial charge in [-0.25, -0.2) is 5.10 Å². The van der Waals surface area contributed by atoms with Crippen LogP contribution >= 0.6 is 0 Å². The van der Waals surface area contributed by atoms with E-state index in [0.29, 0.717) is 0 Å². The van der Waals surface area contributed by atoms with Crippen molar-refractivity contribution in [2.45, 2.75) is 12.8 Å². The Balaban J connectivity index is 1.58. The average Bonchev–Trinajstić information content (AvgIpc) is 3.14. The van der Waals surface area contributed by atoms with Gasteiger partial charge in [0, 0.05) is 38.8 Å². The van der Waals surface area contributed by atoms with Gasteiger partial charge in [-0.2, -0.15) is 5.10 Å². The van der Waals surface area contributed by atoms with Crippen LogP contribution in [0.5, 0.6) is 0 Å². The van der Waals surface area contributed by atoms with E-state index in [1.54, 1.807) is 12.3 Å². The van der Waals surface area contributed by atoms with Crippen molar-refractivity contribution in [1.29, 1.82) is 0 Å². The molecule has 0 unspecified atom stereocenters. The van der Waals surface area contributed by atoms with E-state index in [4.69, 9.17) is 0 Å². The largest absolute Gasteiger partial charge is 0.368 e. The monoisotopic (exact) mass is 234 g/mol. The first-order chi connectivity index (χ1) is 8.31. The number of anilines is 1. The highest BCUT2D eigenvalue weighted by Gasteiger charge is 2.26. The maximum atomic E-state index is 11.2. The summed E-state index contributed by atoms with van der Waals surface area (Å²) in [5, 5.41) is 6.26. The van der Waals surface area contributed by atoms with Crippen molar-refractivity contribution in [1.82, 2.24) is 15.1 Å². The number of aromatic nitrogens is 2. The van der Waals surface area contributed by atoms with Gasteiger partial charge in [-0.15, -0.1) is 0 Å². The molecule has 1 aliphatic carbocycles. The number of hydrogen-bond acceptors (Lipinski definition) is 4. The van der Waals surface area contributed by atoms with E-state index >= 15 is 0 Å². The van der Waals surface area contributed by atoms with Crippen LogP contribution in [-0.4, -0.2) is 47.8 Å². The summed E-state index contributed by atoms with van der Waals surface area (Å²) < 4.78 is 0. The predicted octanol–water partition coefficient (Wildman–Crippen LogP) is 0.302. The Labute approximate surface area is 100 Å². The zero-order valence-corrected chi connectivity index (χ0v) is 9.93. The summed E-state index contributed by atoms with van der Waals surface area (Å²) in [6, 6.07) is 1.63. The van der Waals surface area contributed by atoms with E-state index in [0.717, 1.165) is 37.8 Å². The van der Waals surface area contributed by atoms with E-state index in [-0.39, 0.29) is 5.56 Å². The van der Waals surface area contributed by atoms with Gasteiger partial charge in [0.2, 0.25) is 0 Å². The molecule has 0 amide bonds. The Morgan fingerprint density at radius 1 is 1.29 bits per heavy atom. The predicted molar refractivity (Wildman–Crippen MR) is 66.2 cm³/mol. The summed E-state index contributed by atoms with van der Waals surface area (Å²) in [4.78, 5) is 16.0. The molecule has 5 heteroatoms. The Bertz CT molecular complexity index is 432. The molecule has 3 rings (SSSR count). The summed E-state index contributed by atoms with van der Waals surface area (Å²) in [6.45, 7) is 5.46. The molecule has 0 radical (unpaired) electrons. The Hall–Kier alpha value is -1.36. The Kier molecular flexibility index (Phi) is 2.84. The molecule has 2 fully saturated rings. The standard InChI is InChI=1S/C12H18N4O/c17-12-7-11(8-13-14-12)16-5-3-15(4-6-16)9-10-1-2-10/h7-8,10H,1-6,9H2,(H,14,17). The van der Waals surface area contributed by atoms with Gasteiger partial charge in [0.25, 0.3) is 5.56 Å². The number of rotatable bonds is 3. The molecular formula is C12H18N4O. The Morgan fingerprint density at radius 3 is 2.71 bits per heavy atom. The number of nitrogens with zero attached hydrogens (tertiary/aromatic N) is 3. The van der Waals surface area contributed by atoms with Gasteiger partial charge in [0.15, 0.2) is 0 Å². The third-order valence-corrected chi connectivity index (χ3v) is 3.60. The van der Waals surface area contributed by atoms with Crippen LogP contribution in [-0.2, 0) is 0 Å². The Morgan fingerprint density at radius 2 is 2.06 bits per heavy atom. The molecular weight excluding hydrogens is 216 g/mol. The van der Waals surface area contributed by atoms with Crippen LogP contribution in [0, 0.1) is 5.92 Å². The summed E-state index contributed by atoms with van der Waals surface area (Å²) in [5.41, 5.74) is 0.822. The molecule has 0 atom stereocenters. The molecule has 2 heterocycles. The minimum Gasteiger partial charge on any atom is -0.368 e. The first kappa shape index (κ1) is 10.8. The maximum Gasteiger partial charge on any atom is 0.266 e. The van der Waals surface area contributed by atoms with Crippen molar-refractivity contribution in [2.24, 2.45) is 5.92 Å². The summed E-state index contributed by atoms with van der Waals surface area (Å²) in [5.74, 6) is 0.961. The van der Waals surface area contributed by atoms with Crippen molar-refractivity contribution < 1.29 is 0 Å². The van der Waals surface area contributed by atoms with Crippen LogP contribution in [0.1, 0.15) is 12.8 Å². The van der Waals surface area contributed by atoms with E-state index in [1.807, 2.05) is 0 Å². The summed E-state index contributed by atoms with van der Waals surface area (Å²) in [7, 11) is 0. The van der Waals surface area contributed by atoms with Gasteiger partial charge in [-0.1, -0.05) is 0 Å². The topological polar surface area (TPSA) is 52.2 Å². The number of nitrogens with one attached hydrogen (secondary N) is 1. The van der Waals surface area contributed by atoms with E-state index in [1.165, 1.54) is 19.4 Å². The van der Waals surface area contributed by atoms with Crippen molar-refractivity contribution >= 4 is 5.69 Å². The molecule has 1 aliphatic heterocycles. The zero-order valence-electron chi connectivity index (χ0n) is 9.93. The molecule has 5 nitrogen and oxygen atoms in total. The fraction of sp³-hybridized carbons (Fsp3) is 0.667. The van der Waals surface area contributed by atoms with Crippen LogP contribution in [0.15, 0.2) is 17.1 Å². The van der Waals surface area contributed by atoms with Crippen LogP contribution in [0.25, 0.3) is 0 Å². The number of hydrogen-bond donors (Lipinski definition) is 1. The minimum absolute atomic E-state index is 0.122. The van der Waals surface area contributed by atoms with Crippen LogP contribution in [0.4, 0.5) is 5.69 Å². The summed E-state index contributed by atoms with van der Waals surface area (Å²) >= 11 is 0. The lowest BCUT2D eigenvalue weighted by Crippen LogP contribution is -2.47. The van der Waals surface area contributed by atoms with Gasteiger partial charge < -0.3 is 4.90 Å². The molecule has 92 valence electrons. The van der Waals surface area contributed by atoms with Crippen molar-refractivity contribution in [2.75, 3.05) is 37.6 Å². The first-order valence-corrected chi connectivity index (χ1v) is 6.33. The maximum absolute atomic E-state index is 11.2. The molecule has 17 heavy (non-hydrogen) atoms. The fourth-order valence-corrected chi connectivity index (χ4v) is 2.39. The van der Waals surface area contributed by atoms with Gasteiger partial charge in [0.05, 0.1) is 11.9 Å². The first-order valence-electron chi connectivity index (χ1n) is 6.33. The minimum atomic E-state index is -0.122. The molecule has 1 saturated heterocycles. The number of H-pyrrole nitrogens is 1. The van der Waals surface area contributed by atoms with Crippen LogP contribution < -0.4 is 10.5 Å². The van der Waals surface area contributed by atoms with Gasteiger partial charge in [0.1, 0.15) is 0 Å². The quantitative estimate of drug-likeness (QED) is 0.817. The molecule has 1 aromatic heterocycles. The van der Waals surface area contributed by atoms with Crippen molar-refractivity contribution in [3.63, 3.8) is 0 Å². The van der Waals surface area contributed by atoms with Gasteiger partial charge in [-0.05, 0) is 18.8 Å². The van der Waals surface area contributed by atoms with E-state index in [9.17, 15) is 4.79 Å². The molecule has 1 aromatic rings. The normalized spacial score (nSPS) is 21.8. The third-order valence-electron chi connectivity index (χ3n) is 3.60. The van der Waals surface area contributed by atoms with Gasteiger partial charge in [-0.3, -0.25) is 9.69 Å². The smallest absolute Gasteiger partial charge is 0.266 e. The average molecular weight is 234 g/mol. The number of piperazine rings is 1. The molecule has 0 bridgehead atoms. The van der Waals surface area contributed by atoms with Crippen LogP contribution in [0.2, 0.25) is 0 Å². The van der Waals surface area contributed by atoms with E-state index < -0.39 is 0 Å². The second-order valence-corrected chi connectivity index (χ2v) is 5.03. The highest BCUT2D eigenvalue weighted by Crippen LogP contribution is 2.30. The highest BCUT2D eigenvalue weighted by molar-refractivity contribution is 5.43. The second kappa shape index (κ2) is 4.49. The SMILES string of the molecule is O=c1cc(N2CCN(CC3CC3)CC2)cn[nH]1. The lowest BCUT2D eigenvalue weighted by atomic mass is 10.2. The molecule has 2 aliphatic rings. The fourth-order valence-electron chi connectivity index (χ4n) is 2.39. The van der Waals surface area contributed by atoms with Crippen molar-refractivity contribution in [3.8, 4) is 0 Å². The third kappa shape index (κ3) is 2.66. The second-order valence-electron chi connectivity index (χ2n) is 5.03. The molecule has 1 saturated carbocycles. The molecule has 0 aromatic carbocycles. The number of aromatic amines is 1. The highest BCUT2D eigenvalue weighted by atomic mass is 16.1. The summed E-state index contributed by atoms with van der Waals surface area (Å²) in [6.07, 6.45) is 4.56.